The minimum atomic E-state index is 0.591. The summed E-state index contributed by atoms with van der Waals surface area (Å²) in [5.74, 6) is 0.591. The Labute approximate surface area is 128 Å². The van der Waals surface area contributed by atoms with Gasteiger partial charge in [-0.15, -0.1) is 0 Å². The zero-order valence-electron chi connectivity index (χ0n) is 13.2. The first-order valence-electron chi connectivity index (χ1n) is 7.56. The molecular formula is C19H25NO. The van der Waals surface area contributed by atoms with Crippen LogP contribution in [0.5, 0.6) is 0 Å². The molecule has 0 bridgehead atoms. The Morgan fingerprint density at radius 1 is 0.905 bits per heavy atom. The molecule has 0 heterocycles. The SMILES string of the molecule is COCc1ccccc1CNCc1ccc(C(C)C)cc1. The topological polar surface area (TPSA) is 21.3 Å². The standard InChI is InChI=1S/C19H25NO/c1-15(2)17-10-8-16(9-11-17)12-20-13-18-6-4-5-7-19(18)14-21-3/h4-11,15,20H,12-14H2,1-3H3. The molecule has 2 aromatic rings. The number of rotatable bonds is 7. The Morgan fingerprint density at radius 3 is 2.19 bits per heavy atom. The van der Waals surface area contributed by atoms with Crippen LogP contribution in [0.2, 0.25) is 0 Å². The third-order valence-electron chi connectivity index (χ3n) is 3.71. The van der Waals surface area contributed by atoms with E-state index in [2.05, 4.69) is 67.7 Å². The first kappa shape index (κ1) is 15.7. The normalized spacial score (nSPS) is 11.0. The Morgan fingerprint density at radius 2 is 1.57 bits per heavy atom. The van der Waals surface area contributed by atoms with Crippen LogP contribution in [0.1, 0.15) is 42.0 Å². The van der Waals surface area contributed by atoms with Crippen molar-refractivity contribution < 1.29 is 4.74 Å². The van der Waals surface area contributed by atoms with Gasteiger partial charge in [-0.25, -0.2) is 0 Å². The van der Waals surface area contributed by atoms with Gasteiger partial charge in [0.25, 0.3) is 0 Å². The quantitative estimate of drug-likeness (QED) is 0.820. The van der Waals surface area contributed by atoms with Gasteiger partial charge in [0, 0.05) is 20.2 Å². The van der Waals surface area contributed by atoms with Crippen LogP contribution in [-0.2, 0) is 24.4 Å². The average Bonchev–Trinajstić information content (AvgIpc) is 2.50. The van der Waals surface area contributed by atoms with Crippen LogP contribution in [0, 0.1) is 0 Å². The van der Waals surface area contributed by atoms with Gasteiger partial charge >= 0.3 is 0 Å². The van der Waals surface area contributed by atoms with Crippen LogP contribution in [-0.4, -0.2) is 7.11 Å². The van der Waals surface area contributed by atoms with Crippen molar-refractivity contribution in [3.05, 3.63) is 70.8 Å². The molecule has 112 valence electrons. The predicted octanol–water partition coefficient (Wildman–Crippen LogP) is 4.25. The fourth-order valence-corrected chi connectivity index (χ4v) is 2.39. The molecule has 0 saturated carbocycles. The Hall–Kier alpha value is -1.64. The highest BCUT2D eigenvalue weighted by atomic mass is 16.5. The van der Waals surface area contributed by atoms with Gasteiger partial charge < -0.3 is 10.1 Å². The van der Waals surface area contributed by atoms with E-state index in [4.69, 9.17) is 4.74 Å². The summed E-state index contributed by atoms with van der Waals surface area (Å²) < 4.78 is 5.24. The number of hydrogen-bond donors (Lipinski definition) is 1. The van der Waals surface area contributed by atoms with Crippen molar-refractivity contribution in [3.8, 4) is 0 Å². The van der Waals surface area contributed by atoms with Gasteiger partial charge in [-0.1, -0.05) is 62.4 Å². The van der Waals surface area contributed by atoms with Crippen molar-refractivity contribution >= 4 is 0 Å². The highest BCUT2D eigenvalue weighted by Gasteiger charge is 2.02. The number of methoxy groups -OCH3 is 1. The van der Waals surface area contributed by atoms with E-state index in [9.17, 15) is 0 Å². The molecule has 0 aromatic heterocycles. The molecule has 0 unspecified atom stereocenters. The maximum atomic E-state index is 5.24. The fraction of sp³-hybridized carbons (Fsp3) is 0.368. The van der Waals surface area contributed by atoms with E-state index in [0.29, 0.717) is 12.5 Å². The second kappa shape index (κ2) is 7.96. The molecule has 0 saturated heterocycles. The van der Waals surface area contributed by atoms with Crippen LogP contribution in [0.15, 0.2) is 48.5 Å². The van der Waals surface area contributed by atoms with E-state index in [1.807, 2.05) is 0 Å². The lowest BCUT2D eigenvalue weighted by molar-refractivity contribution is 0.184. The van der Waals surface area contributed by atoms with E-state index in [-0.39, 0.29) is 0 Å². The maximum absolute atomic E-state index is 5.24. The Bertz CT molecular complexity index is 546. The zero-order chi connectivity index (χ0) is 15.1. The second-order valence-corrected chi connectivity index (χ2v) is 5.70. The van der Waals surface area contributed by atoms with Gasteiger partial charge in [0.1, 0.15) is 0 Å². The number of benzene rings is 2. The number of ether oxygens (including phenoxy) is 1. The third-order valence-corrected chi connectivity index (χ3v) is 3.71. The van der Waals surface area contributed by atoms with E-state index in [1.54, 1.807) is 7.11 Å². The molecule has 2 aromatic carbocycles. The summed E-state index contributed by atoms with van der Waals surface area (Å²) in [7, 11) is 1.74. The van der Waals surface area contributed by atoms with Crippen molar-refractivity contribution in [2.24, 2.45) is 0 Å². The van der Waals surface area contributed by atoms with Gasteiger partial charge in [0.2, 0.25) is 0 Å². The monoisotopic (exact) mass is 283 g/mol. The lowest BCUT2D eigenvalue weighted by Gasteiger charge is -2.11. The van der Waals surface area contributed by atoms with Crippen molar-refractivity contribution in [1.29, 1.82) is 0 Å². The highest BCUT2D eigenvalue weighted by Crippen LogP contribution is 2.15. The Balaban J connectivity index is 1.89. The second-order valence-electron chi connectivity index (χ2n) is 5.70. The first-order chi connectivity index (χ1) is 10.2. The van der Waals surface area contributed by atoms with Gasteiger partial charge in [-0.2, -0.15) is 0 Å². The molecule has 0 aliphatic heterocycles. The Kier molecular flexibility index (Phi) is 5.97. The fourth-order valence-electron chi connectivity index (χ4n) is 2.39. The van der Waals surface area contributed by atoms with Crippen LogP contribution in [0.4, 0.5) is 0 Å². The number of hydrogen-bond acceptors (Lipinski definition) is 2. The van der Waals surface area contributed by atoms with E-state index in [1.165, 1.54) is 22.3 Å². The van der Waals surface area contributed by atoms with Crippen LogP contribution >= 0.6 is 0 Å². The summed E-state index contributed by atoms with van der Waals surface area (Å²) in [6.07, 6.45) is 0. The van der Waals surface area contributed by atoms with Crippen molar-refractivity contribution in [2.45, 2.75) is 39.5 Å². The molecule has 0 aliphatic carbocycles. The summed E-state index contributed by atoms with van der Waals surface area (Å²) in [6, 6.07) is 17.3. The molecule has 0 radical (unpaired) electrons. The largest absolute Gasteiger partial charge is 0.380 e. The summed E-state index contributed by atoms with van der Waals surface area (Å²) >= 11 is 0. The highest BCUT2D eigenvalue weighted by molar-refractivity contribution is 5.27. The molecule has 2 nitrogen and oxygen atoms in total. The van der Waals surface area contributed by atoms with Crippen molar-refractivity contribution in [3.63, 3.8) is 0 Å². The van der Waals surface area contributed by atoms with Crippen molar-refractivity contribution in [1.82, 2.24) is 5.32 Å². The summed E-state index contributed by atoms with van der Waals surface area (Å²) in [4.78, 5) is 0. The number of nitrogens with one attached hydrogen (secondary N) is 1. The van der Waals surface area contributed by atoms with E-state index >= 15 is 0 Å². The van der Waals surface area contributed by atoms with Gasteiger partial charge in [0.15, 0.2) is 0 Å². The van der Waals surface area contributed by atoms with Crippen LogP contribution < -0.4 is 5.32 Å². The molecule has 0 spiro atoms. The summed E-state index contributed by atoms with van der Waals surface area (Å²) in [5.41, 5.74) is 5.27. The molecule has 2 heteroatoms. The predicted molar refractivity (Wildman–Crippen MR) is 88.2 cm³/mol. The summed E-state index contributed by atoms with van der Waals surface area (Å²) in [5, 5.41) is 3.51. The molecular weight excluding hydrogens is 258 g/mol. The molecule has 0 fully saturated rings. The van der Waals surface area contributed by atoms with Crippen LogP contribution in [0.3, 0.4) is 0 Å². The zero-order valence-corrected chi connectivity index (χ0v) is 13.2. The molecule has 0 amide bonds. The van der Waals surface area contributed by atoms with Crippen molar-refractivity contribution in [2.75, 3.05) is 7.11 Å². The minimum Gasteiger partial charge on any atom is -0.380 e. The molecule has 2 rings (SSSR count). The lowest BCUT2D eigenvalue weighted by atomic mass is 10.0. The third kappa shape index (κ3) is 4.69. The molecule has 0 aliphatic rings. The first-order valence-corrected chi connectivity index (χ1v) is 7.56. The lowest BCUT2D eigenvalue weighted by Crippen LogP contribution is -2.14. The molecule has 21 heavy (non-hydrogen) atoms. The molecule has 1 N–H and O–H groups in total. The van der Waals surface area contributed by atoms with E-state index in [0.717, 1.165) is 13.1 Å². The van der Waals surface area contributed by atoms with E-state index < -0.39 is 0 Å². The maximum Gasteiger partial charge on any atom is 0.0716 e. The van der Waals surface area contributed by atoms with Crippen LogP contribution in [0.25, 0.3) is 0 Å². The van der Waals surface area contributed by atoms with Gasteiger partial charge in [-0.3, -0.25) is 0 Å². The van der Waals surface area contributed by atoms with Gasteiger partial charge in [-0.05, 0) is 28.2 Å². The van der Waals surface area contributed by atoms with Gasteiger partial charge in [0.05, 0.1) is 6.61 Å². The molecule has 0 atom stereocenters. The smallest absolute Gasteiger partial charge is 0.0716 e. The average molecular weight is 283 g/mol. The summed E-state index contributed by atoms with van der Waals surface area (Å²) in [6.45, 7) is 6.87. The minimum absolute atomic E-state index is 0.591.